The maximum absolute atomic E-state index is 14.5. The Morgan fingerprint density at radius 2 is 1.75 bits per heavy atom. The van der Waals surface area contributed by atoms with Gasteiger partial charge in [-0.15, -0.1) is 0 Å². The summed E-state index contributed by atoms with van der Waals surface area (Å²) in [6.45, 7) is 13.4. The molecule has 0 spiro atoms. The predicted octanol–water partition coefficient (Wildman–Crippen LogP) is 6.76. The fourth-order valence-electron chi connectivity index (χ4n) is 7.94. The fraction of sp³-hybridized carbons (Fsp3) is 0.419. The van der Waals surface area contributed by atoms with E-state index in [9.17, 15) is 29.4 Å². The molecule has 13 nitrogen and oxygen atoms in total. The van der Waals surface area contributed by atoms with Crippen LogP contribution in [-0.2, 0) is 23.8 Å². The van der Waals surface area contributed by atoms with E-state index >= 15 is 0 Å². The number of allylic oxidation sites excluding steroid dienone is 3. The molecule has 0 saturated carbocycles. The van der Waals surface area contributed by atoms with Crippen LogP contribution in [0, 0.1) is 30.6 Å². The molecule has 0 aliphatic carbocycles. The molecule has 4 bridgehead atoms. The van der Waals surface area contributed by atoms with Gasteiger partial charge in [0.1, 0.15) is 17.5 Å². The number of nitrogens with one attached hydrogen (secondary N) is 2. The van der Waals surface area contributed by atoms with Gasteiger partial charge in [0, 0.05) is 49.3 Å². The first-order valence-corrected chi connectivity index (χ1v) is 18.8. The number of phenolic OH excluding ortho intramolecular Hbond substituents is 1. The van der Waals surface area contributed by atoms with Gasteiger partial charge in [0.25, 0.3) is 11.7 Å². The number of fused-ring (bicyclic) bond motifs is 2. The number of ether oxygens (including phenoxy) is 4. The number of aliphatic hydroxyl groups is 1. The number of amides is 1. The summed E-state index contributed by atoms with van der Waals surface area (Å²) in [5.74, 6) is -5.43. The number of hydrogen-bond acceptors (Lipinski definition) is 11. The maximum Gasteiger partial charge on any atom is 0.312 e. The number of H-pyrrole nitrogens is 1. The number of carbonyl (C=O) groups excluding carboxylic acids is 3. The Bertz CT molecular complexity index is 2400. The quantitative estimate of drug-likeness (QED) is 0.0731. The number of ketones is 1. The van der Waals surface area contributed by atoms with Crippen LogP contribution in [-0.4, -0.2) is 69.0 Å². The Morgan fingerprint density at radius 1 is 1.04 bits per heavy atom. The highest BCUT2D eigenvalue weighted by Crippen LogP contribution is 2.47. The summed E-state index contributed by atoms with van der Waals surface area (Å²) in [6.07, 6.45) is 6.42. The highest BCUT2D eigenvalue weighted by molar-refractivity contribution is 6.27. The fourth-order valence-corrected chi connectivity index (χ4v) is 7.94. The van der Waals surface area contributed by atoms with Crippen LogP contribution < -0.4 is 15.5 Å². The Balaban J connectivity index is 1.57. The summed E-state index contributed by atoms with van der Waals surface area (Å²) in [4.78, 5) is 62.8. The van der Waals surface area contributed by atoms with Crippen molar-refractivity contribution >= 4 is 56.2 Å². The molecule has 8 atom stereocenters. The Kier molecular flexibility index (Phi) is 11.1. The largest absolute Gasteiger partial charge is 0.505 e. The second kappa shape index (κ2) is 15.5. The van der Waals surface area contributed by atoms with E-state index in [-0.39, 0.29) is 56.2 Å². The van der Waals surface area contributed by atoms with Gasteiger partial charge in [-0.05, 0) is 50.3 Å². The minimum atomic E-state index is -1.96. The number of aromatic hydroxyl groups is 1. The lowest BCUT2D eigenvalue weighted by Gasteiger charge is -2.36. The molecule has 0 saturated heterocycles. The number of Topliss-reactive ketones (excluding diaryl/α,β-unsaturated/α-hetero) is 1. The molecule has 2 aliphatic heterocycles. The molecule has 56 heavy (non-hydrogen) atoms. The molecule has 0 fully saturated rings. The molecule has 3 heterocycles. The first kappa shape index (κ1) is 40.1. The molecular formula is C43H49N3O10. The normalized spacial score (nSPS) is 29.8. The van der Waals surface area contributed by atoms with E-state index in [4.69, 9.17) is 23.9 Å². The number of aliphatic hydroxyl groups excluding tert-OH is 1. The van der Waals surface area contributed by atoms with E-state index in [2.05, 4.69) is 10.3 Å². The molecular weight excluding hydrogens is 718 g/mol. The number of carbonyl (C=O) groups is 3. The smallest absolute Gasteiger partial charge is 0.312 e. The van der Waals surface area contributed by atoms with Crippen LogP contribution in [0.3, 0.4) is 0 Å². The molecule has 4 aromatic rings. The summed E-state index contributed by atoms with van der Waals surface area (Å²) >= 11 is 0. The topological polar surface area (TPSA) is 186 Å². The van der Waals surface area contributed by atoms with Gasteiger partial charge < -0.3 is 39.5 Å². The van der Waals surface area contributed by atoms with Gasteiger partial charge in [-0.25, -0.2) is 4.98 Å². The third-order valence-corrected chi connectivity index (χ3v) is 11.1. The number of esters is 1. The molecule has 3 aromatic carbocycles. The molecule has 6 rings (SSSR count). The monoisotopic (exact) mass is 767 g/mol. The lowest BCUT2D eigenvalue weighted by molar-refractivity contribution is -0.159. The standard InChI is InChI=1S/C43H49N3O10/c1-20-13-12-14-21(2)42(52)46-35-34-33(44-27-15-10-11-16-28(27)45-34)30-31(38(35)50)37(49)25(6)40-32(30)41(51)43(8,56-40)54-18-17-29(53-9)23(4)39(55-26(7)47)24(5)36(48)22(3)19-20/h10-18,20,22-24,29,36,39,45,48,50H,19H2,1-9H3,(H,46,52)/b13-12+,18-17+,21-14-/t20-,22?,23?,24?,29-,36+,39+,43-/m0/s1. The Labute approximate surface area is 324 Å². The maximum atomic E-state index is 14.5. The van der Waals surface area contributed by atoms with Crippen molar-refractivity contribution in [2.45, 2.75) is 85.9 Å². The van der Waals surface area contributed by atoms with Crippen LogP contribution in [0.15, 0.2) is 65.2 Å². The molecule has 296 valence electrons. The van der Waals surface area contributed by atoms with Crippen LogP contribution >= 0.6 is 0 Å². The second-order valence-electron chi connectivity index (χ2n) is 15.3. The number of para-hydroxylation sites is 2. The summed E-state index contributed by atoms with van der Waals surface area (Å²) in [6, 6.07) is 7.12. The van der Waals surface area contributed by atoms with Crippen molar-refractivity contribution in [1.29, 1.82) is 0 Å². The van der Waals surface area contributed by atoms with Crippen LogP contribution in [0.1, 0.15) is 70.8 Å². The average molecular weight is 768 g/mol. The van der Waals surface area contributed by atoms with E-state index in [0.29, 0.717) is 23.0 Å². The first-order valence-electron chi connectivity index (χ1n) is 18.8. The zero-order valence-corrected chi connectivity index (χ0v) is 33.1. The third kappa shape index (κ3) is 7.16. The summed E-state index contributed by atoms with van der Waals surface area (Å²) in [5.41, 5.74) is 1.04. The molecule has 1 aromatic heterocycles. The summed E-state index contributed by atoms with van der Waals surface area (Å²) < 4.78 is 23.8. The van der Waals surface area contributed by atoms with Gasteiger partial charge >= 0.3 is 11.8 Å². The van der Waals surface area contributed by atoms with Crippen LogP contribution in [0.25, 0.3) is 32.8 Å². The van der Waals surface area contributed by atoms with Crippen LogP contribution in [0.2, 0.25) is 0 Å². The minimum Gasteiger partial charge on any atom is -0.505 e. The van der Waals surface area contributed by atoms with Crippen molar-refractivity contribution in [3.63, 3.8) is 0 Å². The van der Waals surface area contributed by atoms with E-state index in [0.717, 1.165) is 0 Å². The number of aromatic amines is 1. The average Bonchev–Trinajstić information content (AvgIpc) is 3.42. The van der Waals surface area contributed by atoms with Crippen LogP contribution in [0.4, 0.5) is 5.69 Å². The number of aromatic nitrogens is 2. The van der Waals surface area contributed by atoms with Gasteiger partial charge in [-0.1, -0.05) is 58.1 Å². The predicted molar refractivity (Wildman–Crippen MR) is 213 cm³/mol. The number of anilines is 1. The molecule has 0 radical (unpaired) electrons. The number of methoxy groups -OCH3 is 1. The molecule has 2 aliphatic rings. The molecule has 4 N–H and O–H groups in total. The van der Waals surface area contributed by atoms with Crippen molar-refractivity contribution in [2.75, 3.05) is 12.4 Å². The van der Waals surface area contributed by atoms with Crippen molar-refractivity contribution in [3.05, 3.63) is 81.8 Å². The van der Waals surface area contributed by atoms with Crippen molar-refractivity contribution in [3.8, 4) is 11.5 Å². The molecule has 1 amide bonds. The Hall–Kier alpha value is -5.53. The van der Waals surface area contributed by atoms with E-state index in [1.54, 1.807) is 49.4 Å². The first-order chi connectivity index (χ1) is 26.5. The number of hydrogen-bond donors (Lipinski definition) is 4. The second-order valence-corrected chi connectivity index (χ2v) is 15.3. The van der Waals surface area contributed by atoms with Crippen molar-refractivity contribution in [1.82, 2.24) is 9.97 Å². The molecule has 13 heteroatoms. The van der Waals surface area contributed by atoms with Gasteiger partial charge in [-0.3, -0.25) is 19.2 Å². The zero-order chi connectivity index (χ0) is 40.8. The summed E-state index contributed by atoms with van der Waals surface area (Å²) in [5, 5.41) is 26.0. The number of phenols is 1. The van der Waals surface area contributed by atoms with Gasteiger partial charge in [0.15, 0.2) is 11.2 Å². The number of rotatable bonds is 2. The highest BCUT2D eigenvalue weighted by Gasteiger charge is 2.49. The van der Waals surface area contributed by atoms with Crippen molar-refractivity contribution < 1.29 is 43.5 Å². The molecule has 3 unspecified atom stereocenters. The Morgan fingerprint density at radius 3 is 2.45 bits per heavy atom. The number of benzene rings is 3. The summed E-state index contributed by atoms with van der Waals surface area (Å²) in [7, 11) is 1.49. The van der Waals surface area contributed by atoms with E-state index in [1.807, 2.05) is 33.8 Å². The van der Waals surface area contributed by atoms with E-state index in [1.165, 1.54) is 34.1 Å². The van der Waals surface area contributed by atoms with E-state index < -0.39 is 64.8 Å². The van der Waals surface area contributed by atoms with Gasteiger partial charge in [-0.2, -0.15) is 0 Å². The number of nitrogens with zero attached hydrogens (tertiary/aromatic N) is 1. The zero-order valence-electron chi connectivity index (χ0n) is 33.1. The minimum absolute atomic E-state index is 0.00476. The van der Waals surface area contributed by atoms with Gasteiger partial charge in [0.05, 0.1) is 51.5 Å². The van der Waals surface area contributed by atoms with Crippen LogP contribution in [0.5, 0.6) is 11.5 Å². The highest BCUT2D eigenvalue weighted by atomic mass is 16.7. The van der Waals surface area contributed by atoms with Gasteiger partial charge in [0.2, 0.25) is 0 Å². The lowest BCUT2D eigenvalue weighted by Crippen LogP contribution is -2.44. The third-order valence-electron chi connectivity index (χ3n) is 11.1. The SMILES string of the molecule is CO[C@H]1/C=C/O[C@@]2(C)Oc3c(C)c(=O)c4c(O)c(c5[nH]c6ccccc6nc5c4c3C2=O)NC(=O)/C(C)=C\C=C\[C@H](C)CC(C)[C@@H](O)C(C)[C@H](OC(C)=O)C1C. The van der Waals surface area contributed by atoms with Crippen molar-refractivity contribution in [2.24, 2.45) is 23.7 Å². The lowest BCUT2D eigenvalue weighted by atomic mass is 9.79.